The summed E-state index contributed by atoms with van der Waals surface area (Å²) in [4.78, 5) is 15.4. The van der Waals surface area contributed by atoms with Gasteiger partial charge in [-0.15, -0.1) is 5.10 Å². The molecule has 5 heteroatoms. The van der Waals surface area contributed by atoms with E-state index in [4.69, 9.17) is 0 Å². The van der Waals surface area contributed by atoms with E-state index in [2.05, 4.69) is 21.4 Å². The maximum atomic E-state index is 13.3. The maximum absolute atomic E-state index is 13.3. The number of amides is 1. The van der Waals surface area contributed by atoms with Gasteiger partial charge in [-0.1, -0.05) is 5.21 Å². The van der Waals surface area contributed by atoms with Gasteiger partial charge in [-0.3, -0.25) is 4.79 Å². The van der Waals surface area contributed by atoms with Gasteiger partial charge in [0.2, 0.25) is 5.91 Å². The lowest BCUT2D eigenvalue weighted by Crippen LogP contribution is -2.60. The lowest BCUT2D eigenvalue weighted by atomic mass is 9.49. The standard InChI is InChI=1S/C19H26N4O/c24-18(19-6-12-3-13(7-19)5-14(4-12)8-19)22-9-16(10-22)23-11-17(20-21-23)15-1-2-15/h11-16H,1-10H2. The third-order valence-electron chi connectivity index (χ3n) is 7.54. The second-order valence-electron chi connectivity index (χ2n) is 9.46. The average Bonchev–Trinajstić information content (AvgIpc) is 3.24. The van der Waals surface area contributed by atoms with Gasteiger partial charge in [-0.05, 0) is 69.1 Å². The molecule has 1 saturated heterocycles. The molecule has 1 aliphatic heterocycles. The van der Waals surface area contributed by atoms with Gasteiger partial charge in [0.15, 0.2) is 0 Å². The van der Waals surface area contributed by atoms with E-state index in [9.17, 15) is 4.79 Å². The van der Waals surface area contributed by atoms with E-state index in [0.717, 1.165) is 36.5 Å². The minimum Gasteiger partial charge on any atom is -0.338 e. The van der Waals surface area contributed by atoms with E-state index in [1.807, 2.05) is 4.68 Å². The van der Waals surface area contributed by atoms with E-state index in [0.29, 0.717) is 17.9 Å². The first-order valence-electron chi connectivity index (χ1n) is 9.90. The van der Waals surface area contributed by atoms with Crippen molar-refractivity contribution in [3.63, 3.8) is 0 Å². The molecular weight excluding hydrogens is 300 g/mol. The molecule has 4 bridgehead atoms. The first-order valence-corrected chi connectivity index (χ1v) is 9.90. The predicted octanol–water partition coefficient (Wildman–Crippen LogP) is 2.76. The van der Waals surface area contributed by atoms with Crippen LogP contribution in [0, 0.1) is 23.2 Å². The second-order valence-corrected chi connectivity index (χ2v) is 9.46. The Morgan fingerprint density at radius 3 is 2.25 bits per heavy atom. The molecule has 1 aromatic heterocycles. The highest BCUT2D eigenvalue weighted by Crippen LogP contribution is 2.60. The van der Waals surface area contributed by atoms with Crippen molar-refractivity contribution < 1.29 is 4.79 Å². The largest absolute Gasteiger partial charge is 0.338 e. The highest BCUT2D eigenvalue weighted by molar-refractivity contribution is 5.84. The van der Waals surface area contributed by atoms with E-state index in [1.54, 1.807) is 0 Å². The van der Waals surface area contributed by atoms with E-state index in [1.165, 1.54) is 51.4 Å². The summed E-state index contributed by atoms with van der Waals surface area (Å²) in [6.07, 6.45) is 12.4. The molecule has 7 rings (SSSR count). The van der Waals surface area contributed by atoms with Gasteiger partial charge in [0, 0.05) is 25.2 Å². The third-order valence-corrected chi connectivity index (χ3v) is 7.54. The van der Waals surface area contributed by atoms with Crippen molar-refractivity contribution in [3.8, 4) is 0 Å². The minimum atomic E-state index is 0.0151. The summed E-state index contributed by atoms with van der Waals surface area (Å²) in [5, 5.41) is 8.63. The van der Waals surface area contributed by atoms with Crippen LogP contribution in [0.2, 0.25) is 0 Å². The smallest absolute Gasteiger partial charge is 0.228 e. The van der Waals surface area contributed by atoms with Crippen LogP contribution in [-0.2, 0) is 4.79 Å². The average molecular weight is 326 g/mol. The van der Waals surface area contributed by atoms with E-state index in [-0.39, 0.29) is 5.41 Å². The zero-order valence-corrected chi connectivity index (χ0v) is 14.2. The minimum absolute atomic E-state index is 0.0151. The molecule has 0 unspecified atom stereocenters. The normalized spacial score (nSPS) is 40.8. The lowest BCUT2D eigenvalue weighted by Gasteiger charge is -2.57. The molecule has 0 N–H and O–H groups in total. The van der Waals surface area contributed by atoms with Crippen molar-refractivity contribution in [2.45, 2.75) is 63.3 Å². The van der Waals surface area contributed by atoms with Crippen molar-refractivity contribution in [1.29, 1.82) is 0 Å². The van der Waals surface area contributed by atoms with Gasteiger partial charge in [0.05, 0.1) is 17.2 Å². The maximum Gasteiger partial charge on any atom is 0.228 e. The van der Waals surface area contributed by atoms with Crippen LogP contribution in [0.5, 0.6) is 0 Å². The van der Waals surface area contributed by atoms with Crippen molar-refractivity contribution in [1.82, 2.24) is 19.9 Å². The molecule has 1 aromatic rings. The monoisotopic (exact) mass is 326 g/mol. The molecule has 128 valence electrons. The van der Waals surface area contributed by atoms with Crippen LogP contribution >= 0.6 is 0 Å². The van der Waals surface area contributed by atoms with Gasteiger partial charge in [-0.2, -0.15) is 0 Å². The number of nitrogens with zero attached hydrogens (tertiary/aromatic N) is 4. The molecule has 5 nitrogen and oxygen atoms in total. The highest BCUT2D eigenvalue weighted by Gasteiger charge is 2.56. The molecular formula is C19H26N4O. The fraction of sp³-hybridized carbons (Fsp3) is 0.842. The van der Waals surface area contributed by atoms with Crippen molar-refractivity contribution in [2.24, 2.45) is 23.2 Å². The highest BCUT2D eigenvalue weighted by atomic mass is 16.2. The number of likely N-dealkylation sites (tertiary alicyclic amines) is 1. The Morgan fingerprint density at radius 2 is 1.67 bits per heavy atom. The van der Waals surface area contributed by atoms with Crippen LogP contribution in [0.3, 0.4) is 0 Å². The van der Waals surface area contributed by atoms with Crippen LogP contribution in [0.15, 0.2) is 6.20 Å². The molecule has 5 aliphatic carbocycles. The number of hydrogen-bond donors (Lipinski definition) is 0. The Balaban J connectivity index is 1.15. The Bertz CT molecular complexity index is 650. The molecule has 0 radical (unpaired) electrons. The third kappa shape index (κ3) is 1.96. The summed E-state index contributed by atoms with van der Waals surface area (Å²) in [7, 11) is 0. The first kappa shape index (κ1) is 13.9. The Hall–Kier alpha value is -1.39. The zero-order valence-electron chi connectivity index (χ0n) is 14.2. The number of carbonyl (C=O) groups excluding carboxylic acids is 1. The fourth-order valence-corrected chi connectivity index (χ4v) is 6.53. The van der Waals surface area contributed by atoms with Crippen LogP contribution in [0.25, 0.3) is 0 Å². The SMILES string of the molecule is O=C(N1CC(n2cc(C3CC3)nn2)C1)C12CC3CC(CC(C3)C1)C2. The van der Waals surface area contributed by atoms with Gasteiger partial charge >= 0.3 is 0 Å². The van der Waals surface area contributed by atoms with Crippen molar-refractivity contribution >= 4 is 5.91 Å². The predicted molar refractivity (Wildman–Crippen MR) is 88.2 cm³/mol. The topological polar surface area (TPSA) is 51.0 Å². The van der Waals surface area contributed by atoms with Gasteiger partial charge in [0.1, 0.15) is 0 Å². The fourth-order valence-electron chi connectivity index (χ4n) is 6.53. The number of hydrogen-bond acceptors (Lipinski definition) is 3. The molecule has 0 aromatic carbocycles. The van der Waals surface area contributed by atoms with Crippen LogP contribution in [0.1, 0.15) is 69.0 Å². The lowest BCUT2D eigenvalue weighted by molar-refractivity contribution is -0.163. The summed E-state index contributed by atoms with van der Waals surface area (Å²) < 4.78 is 2.01. The molecule has 6 aliphatic rings. The van der Waals surface area contributed by atoms with Crippen LogP contribution < -0.4 is 0 Å². The number of carbonyl (C=O) groups is 1. The molecule has 2 heterocycles. The van der Waals surface area contributed by atoms with Gasteiger partial charge < -0.3 is 4.90 Å². The summed E-state index contributed by atoms with van der Waals surface area (Å²) in [5.74, 6) is 3.65. The molecule has 24 heavy (non-hydrogen) atoms. The van der Waals surface area contributed by atoms with E-state index >= 15 is 0 Å². The van der Waals surface area contributed by atoms with Crippen molar-refractivity contribution in [3.05, 3.63) is 11.9 Å². The first-order chi connectivity index (χ1) is 11.7. The molecule has 1 amide bonds. The molecule has 6 fully saturated rings. The Kier molecular flexibility index (Phi) is 2.66. The summed E-state index contributed by atoms with van der Waals surface area (Å²) >= 11 is 0. The zero-order chi connectivity index (χ0) is 15.9. The van der Waals surface area contributed by atoms with Crippen molar-refractivity contribution in [2.75, 3.05) is 13.1 Å². The Morgan fingerprint density at radius 1 is 1.04 bits per heavy atom. The number of rotatable bonds is 3. The summed E-state index contributed by atoms with van der Waals surface area (Å²) in [6, 6.07) is 0.350. The Labute approximate surface area is 142 Å². The van der Waals surface area contributed by atoms with Gasteiger partial charge in [-0.25, -0.2) is 4.68 Å². The molecule has 5 saturated carbocycles. The quantitative estimate of drug-likeness (QED) is 0.858. The van der Waals surface area contributed by atoms with Crippen LogP contribution in [-0.4, -0.2) is 38.9 Å². The number of aromatic nitrogens is 3. The van der Waals surface area contributed by atoms with Crippen LogP contribution in [0.4, 0.5) is 0 Å². The second kappa shape index (κ2) is 4.61. The molecule has 0 atom stereocenters. The summed E-state index contributed by atoms with van der Waals surface area (Å²) in [5.41, 5.74) is 1.17. The molecule has 0 spiro atoms. The van der Waals surface area contributed by atoms with Gasteiger partial charge in [0.25, 0.3) is 0 Å². The summed E-state index contributed by atoms with van der Waals surface area (Å²) in [6.45, 7) is 1.68. The van der Waals surface area contributed by atoms with E-state index < -0.39 is 0 Å².